The number of rotatable bonds is 2. The Morgan fingerprint density at radius 3 is 2.95 bits per heavy atom. The third kappa shape index (κ3) is 1.96. The topological polar surface area (TPSA) is 56.0 Å². The highest BCUT2D eigenvalue weighted by molar-refractivity contribution is 9.10. The van der Waals surface area contributed by atoms with E-state index in [1.54, 1.807) is 28.2 Å². The summed E-state index contributed by atoms with van der Waals surface area (Å²) in [6.07, 6.45) is 3.54. The van der Waals surface area contributed by atoms with Crippen LogP contribution in [0.15, 0.2) is 40.4 Å². The number of fused-ring (bicyclic) bond motifs is 1. The molecule has 0 N–H and O–H groups in total. The van der Waals surface area contributed by atoms with Gasteiger partial charge >= 0.3 is 0 Å². The standard InChI is InChI=1S/C12H6BrN5S2/c13-8-4-7(5-14-6-8)11-17-18-10(9-2-1-3-19-9)15-16-12(18)20-11/h1-6H. The van der Waals surface area contributed by atoms with Gasteiger partial charge in [-0.05, 0) is 33.4 Å². The Kier molecular flexibility index (Phi) is 2.86. The first-order valence-corrected chi connectivity index (χ1v) is 8.17. The lowest BCUT2D eigenvalue weighted by atomic mass is 10.3. The zero-order chi connectivity index (χ0) is 13.5. The minimum absolute atomic E-state index is 0.778. The van der Waals surface area contributed by atoms with Crippen LogP contribution in [0.5, 0.6) is 0 Å². The second kappa shape index (κ2) is 4.72. The van der Waals surface area contributed by atoms with E-state index in [4.69, 9.17) is 0 Å². The number of nitrogens with zero attached hydrogens (tertiary/aromatic N) is 5. The highest BCUT2D eigenvalue weighted by Gasteiger charge is 2.15. The minimum atomic E-state index is 0.778. The number of hydrogen-bond donors (Lipinski definition) is 0. The second-order valence-corrected chi connectivity index (χ2v) is 6.81. The molecule has 4 rings (SSSR count). The molecule has 8 heteroatoms. The quantitative estimate of drug-likeness (QED) is 0.544. The van der Waals surface area contributed by atoms with E-state index in [9.17, 15) is 0 Å². The summed E-state index contributed by atoms with van der Waals surface area (Å²) in [5.74, 6) is 0.778. The molecule has 5 nitrogen and oxygen atoms in total. The molecule has 0 spiro atoms. The van der Waals surface area contributed by atoms with Gasteiger partial charge in [-0.3, -0.25) is 4.98 Å². The van der Waals surface area contributed by atoms with Crippen LogP contribution in [0.3, 0.4) is 0 Å². The zero-order valence-corrected chi connectivity index (χ0v) is 13.1. The lowest BCUT2D eigenvalue weighted by molar-refractivity contribution is 0.973. The van der Waals surface area contributed by atoms with Gasteiger partial charge in [-0.25, -0.2) is 0 Å². The summed E-state index contributed by atoms with van der Waals surface area (Å²) in [5.41, 5.74) is 0.965. The molecule has 0 fully saturated rings. The summed E-state index contributed by atoms with van der Waals surface area (Å²) >= 11 is 6.54. The van der Waals surface area contributed by atoms with E-state index in [1.807, 2.05) is 23.6 Å². The predicted octanol–water partition coefficient (Wildman–Crippen LogP) is 3.74. The normalized spacial score (nSPS) is 11.2. The first-order valence-electron chi connectivity index (χ1n) is 5.68. The first kappa shape index (κ1) is 12.1. The minimum Gasteiger partial charge on any atom is -0.263 e. The Morgan fingerprint density at radius 1 is 1.20 bits per heavy atom. The van der Waals surface area contributed by atoms with Crippen LogP contribution < -0.4 is 0 Å². The van der Waals surface area contributed by atoms with Gasteiger partial charge in [0.25, 0.3) is 0 Å². The molecular weight excluding hydrogens is 358 g/mol. The highest BCUT2D eigenvalue weighted by atomic mass is 79.9. The number of pyridine rings is 1. The molecule has 0 saturated carbocycles. The molecule has 0 saturated heterocycles. The Morgan fingerprint density at radius 2 is 2.15 bits per heavy atom. The first-order chi connectivity index (χ1) is 9.81. The molecule has 0 aliphatic heterocycles. The van der Waals surface area contributed by atoms with Crippen LogP contribution in [-0.4, -0.2) is 24.8 Å². The van der Waals surface area contributed by atoms with Gasteiger partial charge in [0.1, 0.15) is 5.01 Å². The van der Waals surface area contributed by atoms with E-state index in [2.05, 4.69) is 36.2 Å². The van der Waals surface area contributed by atoms with E-state index in [0.29, 0.717) is 0 Å². The molecule has 20 heavy (non-hydrogen) atoms. The van der Waals surface area contributed by atoms with Crippen LogP contribution in [0.4, 0.5) is 0 Å². The molecule has 4 aromatic rings. The predicted molar refractivity (Wildman–Crippen MR) is 82.9 cm³/mol. The van der Waals surface area contributed by atoms with E-state index in [-0.39, 0.29) is 0 Å². The van der Waals surface area contributed by atoms with Crippen LogP contribution in [0.25, 0.3) is 26.2 Å². The Bertz CT molecular complexity index is 880. The molecule has 4 aromatic heterocycles. The van der Waals surface area contributed by atoms with Crippen molar-refractivity contribution in [1.29, 1.82) is 0 Å². The van der Waals surface area contributed by atoms with Crippen molar-refractivity contribution < 1.29 is 0 Å². The summed E-state index contributed by atoms with van der Waals surface area (Å²) in [6.45, 7) is 0. The lowest BCUT2D eigenvalue weighted by Crippen LogP contribution is -1.89. The Balaban J connectivity index is 1.88. The monoisotopic (exact) mass is 363 g/mol. The zero-order valence-electron chi connectivity index (χ0n) is 9.89. The Labute approximate surface area is 130 Å². The molecule has 0 bridgehead atoms. The number of aromatic nitrogens is 5. The molecule has 98 valence electrons. The van der Waals surface area contributed by atoms with Gasteiger partial charge in [-0.15, -0.1) is 21.5 Å². The van der Waals surface area contributed by atoms with E-state index in [1.165, 1.54) is 11.3 Å². The molecule has 0 amide bonds. The average Bonchev–Trinajstić information content (AvgIpc) is 3.14. The number of hydrogen-bond acceptors (Lipinski definition) is 6. The molecule has 0 aliphatic carbocycles. The van der Waals surface area contributed by atoms with Crippen molar-refractivity contribution >= 4 is 43.6 Å². The van der Waals surface area contributed by atoms with Crippen LogP contribution in [0.2, 0.25) is 0 Å². The van der Waals surface area contributed by atoms with E-state index in [0.717, 1.165) is 30.7 Å². The van der Waals surface area contributed by atoms with Gasteiger partial charge in [0.15, 0.2) is 5.82 Å². The van der Waals surface area contributed by atoms with Crippen molar-refractivity contribution in [2.24, 2.45) is 0 Å². The summed E-state index contributed by atoms with van der Waals surface area (Å²) in [4.78, 5) is 6.00. The van der Waals surface area contributed by atoms with Crippen LogP contribution in [-0.2, 0) is 0 Å². The summed E-state index contributed by atoms with van der Waals surface area (Å²) in [7, 11) is 0. The molecule has 0 radical (unpaired) electrons. The van der Waals surface area contributed by atoms with Crippen molar-refractivity contribution in [3.8, 4) is 21.3 Å². The SMILES string of the molecule is Brc1cncc(-c2nn3c(-c4cccs4)nnc3s2)c1. The van der Waals surface area contributed by atoms with Crippen LogP contribution >= 0.6 is 38.6 Å². The van der Waals surface area contributed by atoms with Crippen LogP contribution in [0.1, 0.15) is 0 Å². The van der Waals surface area contributed by atoms with Gasteiger partial charge in [0.2, 0.25) is 4.96 Å². The van der Waals surface area contributed by atoms with Crippen molar-refractivity contribution in [3.63, 3.8) is 0 Å². The van der Waals surface area contributed by atoms with Gasteiger partial charge in [-0.2, -0.15) is 9.61 Å². The maximum absolute atomic E-state index is 4.60. The fourth-order valence-electron chi connectivity index (χ4n) is 1.82. The van der Waals surface area contributed by atoms with Gasteiger partial charge in [0.05, 0.1) is 4.88 Å². The van der Waals surface area contributed by atoms with E-state index < -0.39 is 0 Å². The van der Waals surface area contributed by atoms with Crippen LogP contribution in [0, 0.1) is 0 Å². The van der Waals surface area contributed by atoms with Crippen molar-refractivity contribution in [2.45, 2.75) is 0 Å². The summed E-state index contributed by atoms with van der Waals surface area (Å²) in [5, 5.41) is 15.9. The summed E-state index contributed by atoms with van der Waals surface area (Å²) < 4.78 is 2.71. The molecule has 0 aliphatic rings. The number of halogens is 1. The molecule has 0 unspecified atom stereocenters. The van der Waals surface area contributed by atoms with Gasteiger partial charge in [0, 0.05) is 22.4 Å². The molecule has 0 aromatic carbocycles. The molecule has 4 heterocycles. The van der Waals surface area contributed by atoms with E-state index >= 15 is 0 Å². The Hall–Kier alpha value is -1.64. The maximum atomic E-state index is 4.60. The smallest absolute Gasteiger partial charge is 0.235 e. The lowest BCUT2D eigenvalue weighted by Gasteiger charge is -1.95. The third-order valence-corrected chi connectivity index (χ3v) is 4.93. The third-order valence-electron chi connectivity index (χ3n) is 2.68. The summed E-state index contributed by atoms with van der Waals surface area (Å²) in [6, 6.07) is 6.00. The van der Waals surface area contributed by atoms with Gasteiger partial charge in [-0.1, -0.05) is 17.4 Å². The largest absolute Gasteiger partial charge is 0.263 e. The molecular formula is C12H6BrN5S2. The highest BCUT2D eigenvalue weighted by Crippen LogP contribution is 2.30. The fraction of sp³-hybridized carbons (Fsp3) is 0. The number of thiophene rings is 1. The molecule has 0 atom stereocenters. The maximum Gasteiger partial charge on any atom is 0.235 e. The fourth-order valence-corrected chi connectivity index (χ4v) is 3.70. The van der Waals surface area contributed by atoms with Gasteiger partial charge < -0.3 is 0 Å². The van der Waals surface area contributed by atoms with Crippen molar-refractivity contribution in [1.82, 2.24) is 24.8 Å². The average molecular weight is 364 g/mol. The van der Waals surface area contributed by atoms with Crippen molar-refractivity contribution in [2.75, 3.05) is 0 Å². The second-order valence-electron chi connectivity index (χ2n) is 3.99. The van der Waals surface area contributed by atoms with Crippen molar-refractivity contribution in [3.05, 3.63) is 40.4 Å².